The van der Waals surface area contributed by atoms with Crippen LogP contribution in [0.3, 0.4) is 0 Å². The number of hydrogen-bond acceptors (Lipinski definition) is 3. The molecule has 0 bridgehead atoms. The maximum absolute atomic E-state index is 11.8. The van der Waals surface area contributed by atoms with Gasteiger partial charge >= 0.3 is 0 Å². The van der Waals surface area contributed by atoms with Crippen LogP contribution in [0.1, 0.15) is 112 Å². The van der Waals surface area contributed by atoms with Crippen molar-refractivity contribution in [2.45, 2.75) is 148 Å². The second-order valence-corrected chi connectivity index (χ2v) is 19.8. The highest BCUT2D eigenvalue weighted by Gasteiger charge is 2.51. The van der Waals surface area contributed by atoms with E-state index in [0.717, 1.165) is 25.7 Å². The Morgan fingerprint density at radius 2 is 1.84 bits per heavy atom. The van der Waals surface area contributed by atoms with E-state index in [4.69, 9.17) is 0 Å². The van der Waals surface area contributed by atoms with Gasteiger partial charge in [0.25, 0.3) is 0 Å². The van der Waals surface area contributed by atoms with Crippen LogP contribution in [0.2, 0.25) is 19.1 Å². The molecule has 4 heteroatoms. The predicted molar refractivity (Wildman–Crippen MR) is 160 cm³/mol. The lowest BCUT2D eigenvalue weighted by molar-refractivity contribution is -0.0554. The summed E-state index contributed by atoms with van der Waals surface area (Å²) in [6.45, 7) is 19.7. The molecule has 3 N–H and O–H groups in total. The average molecular weight is 531 g/mol. The van der Waals surface area contributed by atoms with Gasteiger partial charge in [0.05, 0.1) is 25.0 Å². The Kier molecular flexibility index (Phi) is 9.86. The van der Waals surface area contributed by atoms with Crippen molar-refractivity contribution >= 4 is 8.07 Å². The Morgan fingerprint density at radius 3 is 2.49 bits per heavy atom. The molecule has 0 spiro atoms. The van der Waals surface area contributed by atoms with Crippen molar-refractivity contribution in [2.75, 3.05) is 0 Å². The van der Waals surface area contributed by atoms with Gasteiger partial charge in [-0.2, -0.15) is 0 Å². The molecular formula is C33H58O3Si. The van der Waals surface area contributed by atoms with Crippen molar-refractivity contribution < 1.29 is 15.3 Å². The largest absolute Gasteiger partial charge is 0.393 e. The summed E-state index contributed by atoms with van der Waals surface area (Å²) in [5.74, 6) is 1.85. The average Bonchev–Trinajstić information content (AvgIpc) is 3.18. The third kappa shape index (κ3) is 6.73. The summed E-state index contributed by atoms with van der Waals surface area (Å²) >= 11 is 0. The van der Waals surface area contributed by atoms with Crippen molar-refractivity contribution in [3.05, 3.63) is 35.5 Å². The molecule has 6 atom stereocenters. The first-order chi connectivity index (χ1) is 17.1. The Morgan fingerprint density at radius 1 is 1.14 bits per heavy atom. The molecule has 0 radical (unpaired) electrons. The molecule has 0 aromatic heterocycles. The fourth-order valence-electron chi connectivity index (χ4n) is 8.05. The molecule has 3 aliphatic rings. The van der Waals surface area contributed by atoms with Crippen LogP contribution < -0.4 is 0 Å². The number of aliphatic hydroxyl groups is 3. The molecule has 1 unspecified atom stereocenters. The number of rotatable bonds is 10. The van der Waals surface area contributed by atoms with E-state index in [1.165, 1.54) is 62.1 Å². The third-order valence-corrected chi connectivity index (χ3v) is 15.7. The summed E-state index contributed by atoms with van der Waals surface area (Å²) in [5, 5.41) is 31.8. The molecule has 37 heavy (non-hydrogen) atoms. The van der Waals surface area contributed by atoms with Crippen LogP contribution in [-0.4, -0.2) is 40.3 Å². The molecule has 3 saturated carbocycles. The van der Waals surface area contributed by atoms with Gasteiger partial charge in [-0.25, -0.2) is 0 Å². The number of hydrogen-bond donors (Lipinski definition) is 3. The van der Waals surface area contributed by atoms with Crippen LogP contribution in [0, 0.1) is 23.2 Å². The normalized spacial score (nSPS) is 35.1. The van der Waals surface area contributed by atoms with Crippen molar-refractivity contribution in [1.82, 2.24) is 0 Å². The fourth-order valence-corrected chi connectivity index (χ4v) is 11.2. The van der Waals surface area contributed by atoms with Crippen molar-refractivity contribution in [1.29, 1.82) is 0 Å². The van der Waals surface area contributed by atoms with Gasteiger partial charge in [0.15, 0.2) is 0 Å². The molecular weight excluding hydrogens is 472 g/mol. The molecule has 0 aromatic carbocycles. The minimum absolute atomic E-state index is 0.320. The lowest BCUT2D eigenvalue weighted by Gasteiger charge is -2.46. The van der Waals surface area contributed by atoms with E-state index in [0.29, 0.717) is 29.6 Å². The van der Waals surface area contributed by atoms with Gasteiger partial charge in [0.1, 0.15) is 0 Å². The van der Waals surface area contributed by atoms with Crippen molar-refractivity contribution in [2.24, 2.45) is 23.2 Å². The summed E-state index contributed by atoms with van der Waals surface area (Å²) in [6.07, 6.45) is 17.0. The minimum atomic E-state index is -1.75. The van der Waals surface area contributed by atoms with E-state index in [2.05, 4.69) is 52.6 Å². The van der Waals surface area contributed by atoms with E-state index < -0.39 is 25.0 Å². The molecule has 3 nitrogen and oxygen atoms in total. The molecule has 0 amide bonds. The second kappa shape index (κ2) is 11.8. The van der Waals surface area contributed by atoms with Gasteiger partial charge in [0.2, 0.25) is 0 Å². The quantitative estimate of drug-likeness (QED) is 0.250. The summed E-state index contributed by atoms with van der Waals surface area (Å²) in [6, 6.07) is 1.20. The zero-order valence-electron chi connectivity index (χ0n) is 25.2. The zero-order valence-corrected chi connectivity index (χ0v) is 26.2. The van der Waals surface area contributed by atoms with E-state index >= 15 is 0 Å². The standard InChI is InChI=1S/C33H58O3Si/c1-9-10-22-37(7,8)33(36)21-19-24(2)27(23-33)15-14-26-12-11-20-32(6)28(16-17-29(26)32)25(3)13-18-30(34)31(4,5)35/h14-15,25,28-30,34-36H,2,9-13,16-23H2,1,3-8H3/b26-14?,27-15-/t25-,28-,29?,30-,32-,33-/m1/s1. The van der Waals surface area contributed by atoms with Gasteiger partial charge < -0.3 is 15.3 Å². The summed E-state index contributed by atoms with van der Waals surface area (Å²) in [4.78, 5) is 0. The van der Waals surface area contributed by atoms with E-state index in [-0.39, 0.29) is 0 Å². The highest BCUT2D eigenvalue weighted by atomic mass is 28.3. The van der Waals surface area contributed by atoms with Crippen molar-refractivity contribution in [3.8, 4) is 0 Å². The Labute approximate surface area is 229 Å². The van der Waals surface area contributed by atoms with Crippen LogP contribution in [0.25, 0.3) is 0 Å². The Hall–Kier alpha value is -0.683. The zero-order chi connectivity index (χ0) is 27.6. The van der Waals surface area contributed by atoms with Crippen LogP contribution in [0.4, 0.5) is 0 Å². The highest BCUT2D eigenvalue weighted by Crippen LogP contribution is 2.60. The molecule has 0 aromatic rings. The Balaban J connectivity index is 1.74. The first-order valence-corrected chi connectivity index (χ1v) is 18.6. The van der Waals surface area contributed by atoms with Gasteiger partial charge in [-0.1, -0.05) is 82.6 Å². The van der Waals surface area contributed by atoms with Crippen LogP contribution in [0.15, 0.2) is 35.5 Å². The fraction of sp³-hybridized carbons (Fsp3) is 0.818. The Bertz CT molecular complexity index is 865. The van der Waals surface area contributed by atoms with E-state index in [1.54, 1.807) is 19.4 Å². The topological polar surface area (TPSA) is 60.7 Å². The van der Waals surface area contributed by atoms with Gasteiger partial charge in [-0.15, -0.1) is 0 Å². The lowest BCUT2D eigenvalue weighted by Crippen LogP contribution is -2.55. The minimum Gasteiger partial charge on any atom is -0.393 e. The summed E-state index contributed by atoms with van der Waals surface area (Å²) < 4.78 is 0. The van der Waals surface area contributed by atoms with E-state index in [1.807, 2.05) is 0 Å². The SMILES string of the molecule is C=C1CC[C@@](O)([Si](C)(C)CCCC)C/C1=C/C=C1CCC[C@@]2(C)C1CC[C@@H]2[C@H](C)CC[C@@H](O)C(C)(C)O. The first kappa shape index (κ1) is 30.9. The maximum atomic E-state index is 11.8. The van der Waals surface area contributed by atoms with Crippen LogP contribution in [-0.2, 0) is 0 Å². The molecule has 212 valence electrons. The number of allylic oxidation sites excluding steroid dienone is 4. The van der Waals surface area contributed by atoms with Crippen LogP contribution in [0.5, 0.6) is 0 Å². The van der Waals surface area contributed by atoms with Crippen LogP contribution >= 0.6 is 0 Å². The summed E-state index contributed by atoms with van der Waals surface area (Å²) in [7, 11) is -1.75. The number of unbranched alkanes of at least 4 members (excludes halogenated alkanes) is 1. The molecule has 0 saturated heterocycles. The van der Waals surface area contributed by atoms with E-state index in [9.17, 15) is 15.3 Å². The van der Waals surface area contributed by atoms with Gasteiger partial charge in [-0.05, 0) is 107 Å². The number of fused-ring (bicyclic) bond motifs is 1. The molecule has 3 fully saturated rings. The summed E-state index contributed by atoms with van der Waals surface area (Å²) in [5.41, 5.74) is 3.41. The van der Waals surface area contributed by atoms with Gasteiger partial charge in [-0.3, -0.25) is 0 Å². The molecule has 0 aliphatic heterocycles. The first-order valence-electron chi connectivity index (χ1n) is 15.4. The molecule has 3 aliphatic carbocycles. The van der Waals surface area contributed by atoms with Gasteiger partial charge in [0, 0.05) is 0 Å². The smallest absolute Gasteiger partial charge is 0.0855 e. The third-order valence-electron chi connectivity index (χ3n) is 11.1. The molecule has 3 rings (SSSR count). The predicted octanol–water partition coefficient (Wildman–Crippen LogP) is 8.12. The number of aliphatic hydroxyl groups excluding tert-OH is 1. The highest BCUT2D eigenvalue weighted by molar-refractivity contribution is 6.80. The molecule has 0 heterocycles. The second-order valence-electron chi connectivity index (χ2n) is 14.6. The maximum Gasteiger partial charge on any atom is 0.0855 e. The lowest BCUT2D eigenvalue weighted by atomic mass is 9.60. The van der Waals surface area contributed by atoms with Crippen molar-refractivity contribution in [3.63, 3.8) is 0 Å². The monoisotopic (exact) mass is 530 g/mol.